The molecule has 4 rings (SSSR count). The summed E-state index contributed by atoms with van der Waals surface area (Å²) in [5, 5.41) is 5.37. The Bertz CT molecular complexity index is 983. The number of thiazole rings is 1. The first-order chi connectivity index (χ1) is 12.5. The molecule has 0 bridgehead atoms. The summed E-state index contributed by atoms with van der Waals surface area (Å²) in [5.41, 5.74) is 0.701. The van der Waals surface area contributed by atoms with Crippen molar-refractivity contribution in [3.63, 3.8) is 0 Å². The van der Waals surface area contributed by atoms with E-state index in [0.29, 0.717) is 15.8 Å². The van der Waals surface area contributed by atoms with Gasteiger partial charge in [0.05, 0.1) is 11.1 Å². The van der Waals surface area contributed by atoms with Crippen molar-refractivity contribution in [2.45, 2.75) is 18.3 Å². The number of benzene rings is 2. The van der Waals surface area contributed by atoms with Gasteiger partial charge in [-0.3, -0.25) is 4.79 Å². The van der Waals surface area contributed by atoms with Gasteiger partial charge in [0.2, 0.25) is 5.91 Å². The van der Waals surface area contributed by atoms with Gasteiger partial charge in [0.25, 0.3) is 0 Å². The zero-order valence-electron chi connectivity index (χ0n) is 13.4. The van der Waals surface area contributed by atoms with Gasteiger partial charge in [-0.1, -0.05) is 23.7 Å². The van der Waals surface area contributed by atoms with E-state index in [9.17, 15) is 13.6 Å². The number of amides is 1. The maximum absolute atomic E-state index is 13.9. The molecule has 1 aliphatic rings. The van der Waals surface area contributed by atoms with E-state index in [1.165, 1.54) is 11.3 Å². The van der Waals surface area contributed by atoms with Crippen molar-refractivity contribution in [2.24, 2.45) is 0 Å². The quantitative estimate of drug-likeness (QED) is 0.647. The maximum Gasteiger partial charge on any atom is 0.236 e. The molecule has 2 aromatic carbocycles. The number of nitrogens with one attached hydrogen (secondary N) is 1. The minimum Gasteiger partial charge on any atom is -0.301 e. The summed E-state index contributed by atoms with van der Waals surface area (Å²) in [7, 11) is 0. The fourth-order valence-electron chi connectivity index (χ4n) is 2.91. The molecule has 26 heavy (non-hydrogen) atoms. The Morgan fingerprint density at radius 3 is 2.58 bits per heavy atom. The highest BCUT2D eigenvalue weighted by atomic mass is 35.5. The third-order valence-corrected chi connectivity index (χ3v) is 5.52. The van der Waals surface area contributed by atoms with Crippen LogP contribution in [-0.2, 0) is 10.2 Å². The number of hydrogen-bond acceptors (Lipinski definition) is 3. The van der Waals surface area contributed by atoms with E-state index in [2.05, 4.69) is 10.3 Å². The Labute approximate surface area is 157 Å². The van der Waals surface area contributed by atoms with E-state index in [1.807, 2.05) is 12.1 Å². The molecule has 3 nitrogen and oxygen atoms in total. The van der Waals surface area contributed by atoms with Gasteiger partial charge < -0.3 is 5.32 Å². The fraction of sp³-hybridized carbons (Fsp3) is 0.158. The molecule has 0 unspecified atom stereocenters. The first-order valence-electron chi connectivity index (χ1n) is 7.96. The summed E-state index contributed by atoms with van der Waals surface area (Å²) >= 11 is 7.09. The Morgan fingerprint density at radius 1 is 1.15 bits per heavy atom. The van der Waals surface area contributed by atoms with E-state index in [-0.39, 0.29) is 11.5 Å². The largest absolute Gasteiger partial charge is 0.301 e. The van der Waals surface area contributed by atoms with Crippen LogP contribution in [0.1, 0.15) is 18.4 Å². The van der Waals surface area contributed by atoms with Crippen molar-refractivity contribution in [3.8, 4) is 11.3 Å². The predicted octanol–water partition coefficient (Wildman–Crippen LogP) is 5.41. The van der Waals surface area contributed by atoms with Crippen LogP contribution in [0.2, 0.25) is 5.02 Å². The molecule has 0 saturated heterocycles. The number of rotatable bonds is 4. The van der Waals surface area contributed by atoms with Crippen LogP contribution in [-0.4, -0.2) is 10.9 Å². The van der Waals surface area contributed by atoms with E-state index in [1.54, 1.807) is 17.5 Å². The predicted molar refractivity (Wildman–Crippen MR) is 98.5 cm³/mol. The third-order valence-electron chi connectivity index (χ3n) is 4.51. The summed E-state index contributed by atoms with van der Waals surface area (Å²) in [6.07, 6.45) is 1.49. The zero-order valence-corrected chi connectivity index (χ0v) is 15.0. The molecule has 132 valence electrons. The van der Waals surface area contributed by atoms with Crippen molar-refractivity contribution in [1.82, 2.24) is 4.98 Å². The topological polar surface area (TPSA) is 42.0 Å². The van der Waals surface area contributed by atoms with Gasteiger partial charge in [0.1, 0.15) is 11.6 Å². The zero-order chi connectivity index (χ0) is 18.3. The van der Waals surface area contributed by atoms with Crippen LogP contribution in [0.4, 0.5) is 13.9 Å². The first-order valence-corrected chi connectivity index (χ1v) is 9.22. The van der Waals surface area contributed by atoms with Crippen molar-refractivity contribution in [3.05, 3.63) is 70.1 Å². The number of nitrogens with zero attached hydrogens (tertiary/aromatic N) is 1. The molecule has 0 atom stereocenters. The first kappa shape index (κ1) is 17.1. The molecule has 1 heterocycles. The molecule has 1 fully saturated rings. The van der Waals surface area contributed by atoms with Crippen LogP contribution in [0.25, 0.3) is 11.3 Å². The van der Waals surface area contributed by atoms with Crippen LogP contribution in [0.3, 0.4) is 0 Å². The lowest BCUT2D eigenvalue weighted by Gasteiger charge is -2.14. The number of hydrogen-bond donors (Lipinski definition) is 1. The van der Waals surface area contributed by atoms with Crippen molar-refractivity contribution in [2.75, 3.05) is 5.32 Å². The minimum absolute atomic E-state index is 0.0700. The Hall–Kier alpha value is -2.31. The third kappa shape index (κ3) is 3.10. The lowest BCUT2D eigenvalue weighted by molar-refractivity contribution is -0.118. The van der Waals surface area contributed by atoms with Crippen LogP contribution < -0.4 is 5.32 Å². The molecule has 1 saturated carbocycles. The lowest BCUT2D eigenvalue weighted by atomic mass is 9.95. The second-order valence-corrected chi connectivity index (χ2v) is 7.50. The standard InChI is InChI=1S/C19H13ClF2N2OS/c20-12-3-1-11(2-4-12)19(7-8-19)17(25)24-18-23-16(10-26-18)14-9-13(21)5-6-15(14)22/h1-6,9-10H,7-8H2,(H,23,24,25). The number of anilines is 1. The van der Waals surface area contributed by atoms with Gasteiger partial charge in [-0.2, -0.15) is 0 Å². The van der Waals surface area contributed by atoms with E-state index < -0.39 is 17.0 Å². The van der Waals surface area contributed by atoms with Crippen molar-refractivity contribution in [1.29, 1.82) is 0 Å². The lowest BCUT2D eigenvalue weighted by Crippen LogP contribution is -2.27. The Kier molecular flexibility index (Phi) is 4.25. The van der Waals surface area contributed by atoms with Gasteiger partial charge in [-0.05, 0) is 48.7 Å². The normalized spacial score (nSPS) is 14.9. The Morgan fingerprint density at radius 2 is 1.88 bits per heavy atom. The second kappa shape index (κ2) is 6.45. The minimum atomic E-state index is -0.569. The van der Waals surface area contributed by atoms with Gasteiger partial charge in [-0.15, -0.1) is 11.3 Å². The number of carbonyl (C=O) groups is 1. The second-order valence-electron chi connectivity index (χ2n) is 6.21. The molecular weight excluding hydrogens is 378 g/mol. The van der Waals surface area contributed by atoms with Crippen LogP contribution in [0, 0.1) is 11.6 Å². The highest BCUT2D eigenvalue weighted by Gasteiger charge is 2.51. The molecule has 3 aromatic rings. The number of carbonyl (C=O) groups excluding carboxylic acids is 1. The summed E-state index contributed by atoms with van der Waals surface area (Å²) in [4.78, 5) is 17.0. The molecule has 0 radical (unpaired) electrons. The summed E-state index contributed by atoms with van der Waals surface area (Å²) in [5.74, 6) is -1.26. The van der Waals surface area contributed by atoms with Gasteiger partial charge >= 0.3 is 0 Å². The number of halogens is 3. The molecule has 0 aliphatic heterocycles. The molecule has 0 spiro atoms. The molecule has 1 amide bonds. The van der Waals surface area contributed by atoms with Crippen LogP contribution in [0.15, 0.2) is 47.8 Å². The smallest absolute Gasteiger partial charge is 0.236 e. The van der Waals surface area contributed by atoms with Crippen molar-refractivity contribution < 1.29 is 13.6 Å². The van der Waals surface area contributed by atoms with Crippen LogP contribution >= 0.6 is 22.9 Å². The fourth-order valence-corrected chi connectivity index (χ4v) is 3.74. The molecule has 1 aliphatic carbocycles. The molecular formula is C19H13ClF2N2OS. The highest BCUT2D eigenvalue weighted by Crippen LogP contribution is 2.49. The molecule has 1 aromatic heterocycles. The Balaban J connectivity index is 1.55. The highest BCUT2D eigenvalue weighted by molar-refractivity contribution is 7.14. The van der Waals surface area contributed by atoms with E-state index >= 15 is 0 Å². The monoisotopic (exact) mass is 390 g/mol. The summed E-state index contributed by atoms with van der Waals surface area (Å²) in [6.45, 7) is 0. The summed E-state index contributed by atoms with van der Waals surface area (Å²) in [6, 6.07) is 10.4. The van der Waals surface area contributed by atoms with Crippen LogP contribution in [0.5, 0.6) is 0 Å². The van der Waals surface area contributed by atoms with Gasteiger partial charge in [0.15, 0.2) is 5.13 Å². The van der Waals surface area contributed by atoms with E-state index in [4.69, 9.17) is 11.6 Å². The van der Waals surface area contributed by atoms with E-state index in [0.717, 1.165) is 36.6 Å². The van der Waals surface area contributed by atoms with Gasteiger partial charge in [0, 0.05) is 16.0 Å². The number of aromatic nitrogens is 1. The molecule has 1 N–H and O–H groups in total. The SMILES string of the molecule is O=C(Nc1nc(-c2cc(F)ccc2F)cs1)C1(c2ccc(Cl)cc2)CC1. The van der Waals surface area contributed by atoms with Crippen molar-refractivity contribution >= 4 is 34.0 Å². The maximum atomic E-state index is 13.9. The average Bonchev–Trinajstić information content (AvgIpc) is 3.31. The van der Waals surface area contributed by atoms with Gasteiger partial charge in [-0.25, -0.2) is 13.8 Å². The summed E-state index contributed by atoms with van der Waals surface area (Å²) < 4.78 is 27.2. The average molecular weight is 391 g/mol. The molecule has 7 heteroatoms.